The summed E-state index contributed by atoms with van der Waals surface area (Å²) in [6.45, 7) is 2.50. The van der Waals surface area contributed by atoms with Crippen molar-refractivity contribution in [1.29, 1.82) is 0 Å². The van der Waals surface area contributed by atoms with Crippen molar-refractivity contribution in [3.05, 3.63) is 46.5 Å². The van der Waals surface area contributed by atoms with Crippen molar-refractivity contribution in [3.63, 3.8) is 0 Å². The summed E-state index contributed by atoms with van der Waals surface area (Å²) in [5.41, 5.74) is 0.323. The number of benzene rings is 2. The number of piperazine rings is 1. The second-order valence-electron chi connectivity index (χ2n) is 7.62. The van der Waals surface area contributed by atoms with Crippen LogP contribution in [0.3, 0.4) is 0 Å². The first-order chi connectivity index (χ1) is 15.5. The maximum absolute atomic E-state index is 15.6. The molecule has 0 aromatic heterocycles. The van der Waals surface area contributed by atoms with E-state index in [1.54, 1.807) is 6.07 Å². The number of anilines is 1. The predicted octanol–water partition coefficient (Wildman–Crippen LogP) is 2.75. The second-order valence-corrected chi connectivity index (χ2v) is 8.03. The van der Waals surface area contributed by atoms with Crippen molar-refractivity contribution in [2.24, 2.45) is 5.16 Å². The summed E-state index contributed by atoms with van der Waals surface area (Å²) in [6.07, 6.45) is -0.0757. The summed E-state index contributed by atoms with van der Waals surface area (Å²) >= 11 is 6.40. The Morgan fingerprint density at radius 3 is 2.59 bits per heavy atom. The highest BCUT2D eigenvalue weighted by atomic mass is 35.5. The lowest BCUT2D eigenvalue weighted by atomic mass is 9.97. The molecule has 2 aromatic rings. The fraction of sp³-hybridized carbons (Fsp3) is 0.381. The molecule has 8 nitrogen and oxygen atoms in total. The zero-order valence-corrected chi connectivity index (χ0v) is 17.9. The Labute approximate surface area is 188 Å². The molecule has 1 atom stereocenters. The number of aromatic hydroxyl groups is 1. The molecular weight excluding hydrogens is 444 g/mol. The fourth-order valence-electron chi connectivity index (χ4n) is 4.30. The summed E-state index contributed by atoms with van der Waals surface area (Å²) in [4.78, 5) is 4.01. The molecule has 4 rings (SSSR count). The van der Waals surface area contributed by atoms with Gasteiger partial charge < -0.3 is 25.6 Å². The van der Waals surface area contributed by atoms with Crippen LogP contribution in [0.5, 0.6) is 5.75 Å². The van der Waals surface area contributed by atoms with Crippen LogP contribution < -0.4 is 10.6 Å². The lowest BCUT2D eigenvalue weighted by Gasteiger charge is -2.42. The maximum atomic E-state index is 15.6. The number of nitrogens with zero attached hydrogens (tertiary/aromatic N) is 3. The normalized spacial score (nSPS) is 19.6. The predicted molar refractivity (Wildman–Crippen MR) is 117 cm³/mol. The Balaban J connectivity index is 1.63. The van der Waals surface area contributed by atoms with Gasteiger partial charge in [-0.2, -0.15) is 0 Å². The average molecular weight is 468 g/mol. The van der Waals surface area contributed by atoms with Gasteiger partial charge in [0.05, 0.1) is 35.7 Å². The van der Waals surface area contributed by atoms with Gasteiger partial charge in [-0.25, -0.2) is 8.78 Å². The first kappa shape index (κ1) is 22.5. The number of rotatable bonds is 4. The van der Waals surface area contributed by atoms with E-state index in [1.807, 2.05) is 4.90 Å². The molecule has 2 aromatic carbocycles. The molecule has 0 spiro atoms. The lowest BCUT2D eigenvalue weighted by Crippen LogP contribution is -2.54. The molecule has 172 valence electrons. The number of hydrogen-bond acceptors (Lipinski definition) is 7. The van der Waals surface area contributed by atoms with Gasteiger partial charge in [-0.1, -0.05) is 22.8 Å². The van der Waals surface area contributed by atoms with E-state index in [0.29, 0.717) is 37.6 Å². The minimum atomic E-state index is -0.767. The molecule has 0 saturated carbocycles. The van der Waals surface area contributed by atoms with Crippen LogP contribution in [0.25, 0.3) is 11.1 Å². The summed E-state index contributed by atoms with van der Waals surface area (Å²) in [7, 11) is 0. The number of amidine groups is 1. The van der Waals surface area contributed by atoms with Gasteiger partial charge in [-0.15, -0.1) is 0 Å². The number of phenols is 1. The molecule has 0 amide bonds. The number of phenolic OH excluding ortho intramolecular Hbond substituents is 1. The molecule has 0 radical (unpaired) electrons. The summed E-state index contributed by atoms with van der Waals surface area (Å²) < 4.78 is 30.0. The van der Waals surface area contributed by atoms with E-state index in [9.17, 15) is 14.7 Å². The highest BCUT2D eigenvalue weighted by Gasteiger charge is 2.33. The number of nitrogens with one attached hydrogen (secondary N) is 2. The lowest BCUT2D eigenvalue weighted by molar-refractivity contribution is 0.107. The Morgan fingerprint density at radius 1 is 1.19 bits per heavy atom. The van der Waals surface area contributed by atoms with Gasteiger partial charge in [0.1, 0.15) is 17.4 Å². The van der Waals surface area contributed by atoms with Crippen molar-refractivity contribution in [2.45, 2.75) is 12.6 Å². The first-order valence-corrected chi connectivity index (χ1v) is 10.6. The molecule has 1 fully saturated rings. The zero-order valence-electron chi connectivity index (χ0n) is 17.2. The molecule has 11 heteroatoms. The Hall–Kier alpha value is -2.66. The molecule has 32 heavy (non-hydrogen) atoms. The van der Waals surface area contributed by atoms with Gasteiger partial charge in [0.25, 0.3) is 0 Å². The summed E-state index contributed by atoms with van der Waals surface area (Å²) in [5.74, 6) is -1.46. The zero-order chi connectivity index (χ0) is 22.8. The topological polar surface area (TPSA) is 104 Å². The third kappa shape index (κ3) is 4.06. The van der Waals surface area contributed by atoms with E-state index in [2.05, 4.69) is 20.7 Å². The van der Waals surface area contributed by atoms with Crippen molar-refractivity contribution >= 4 is 23.1 Å². The van der Waals surface area contributed by atoms with Crippen LogP contribution in [0.15, 0.2) is 29.4 Å². The molecule has 2 aliphatic rings. The van der Waals surface area contributed by atoms with Crippen molar-refractivity contribution in [1.82, 2.24) is 15.1 Å². The van der Waals surface area contributed by atoms with Gasteiger partial charge in [0.2, 0.25) is 0 Å². The Morgan fingerprint density at radius 2 is 1.94 bits per heavy atom. The quantitative estimate of drug-likeness (QED) is 0.204. The van der Waals surface area contributed by atoms with E-state index >= 15 is 4.39 Å². The van der Waals surface area contributed by atoms with E-state index in [1.165, 1.54) is 12.1 Å². The monoisotopic (exact) mass is 467 g/mol. The van der Waals surface area contributed by atoms with Gasteiger partial charge in [0, 0.05) is 43.7 Å². The molecule has 2 heterocycles. The number of aliphatic hydroxyl groups excluding tert-OH is 1. The van der Waals surface area contributed by atoms with Crippen LogP contribution in [-0.4, -0.2) is 70.5 Å². The molecule has 0 bridgehead atoms. The van der Waals surface area contributed by atoms with Crippen LogP contribution in [0.4, 0.5) is 14.5 Å². The van der Waals surface area contributed by atoms with Gasteiger partial charge in [-0.05, 0) is 18.2 Å². The summed E-state index contributed by atoms with van der Waals surface area (Å²) in [5, 5.41) is 37.9. The van der Waals surface area contributed by atoms with Crippen LogP contribution in [0, 0.1) is 11.6 Å². The van der Waals surface area contributed by atoms with Crippen LogP contribution in [-0.2, 0) is 0 Å². The van der Waals surface area contributed by atoms with Gasteiger partial charge in [-0.3, -0.25) is 10.2 Å². The smallest absolute Gasteiger partial charge is 0.156 e. The van der Waals surface area contributed by atoms with Gasteiger partial charge >= 0.3 is 0 Å². The number of aliphatic hydroxyl groups is 1. The second kappa shape index (κ2) is 9.45. The maximum Gasteiger partial charge on any atom is 0.156 e. The fourth-order valence-corrected chi connectivity index (χ4v) is 4.60. The molecule has 0 aliphatic carbocycles. The third-order valence-corrected chi connectivity index (χ3v) is 6.14. The van der Waals surface area contributed by atoms with Crippen molar-refractivity contribution in [2.75, 3.05) is 44.8 Å². The van der Waals surface area contributed by atoms with Crippen LogP contribution >= 0.6 is 11.6 Å². The highest BCUT2D eigenvalue weighted by Crippen LogP contribution is 2.44. The SMILES string of the molecule is OCC/C(=N\O)N1CCN(C2NCNc3c2cc(Cl)c(-c2c(O)cccc2F)c3F)CC1. The molecular formula is C21H24ClF2N5O3. The van der Waals surface area contributed by atoms with Gasteiger partial charge in [0.15, 0.2) is 5.82 Å². The molecule has 1 unspecified atom stereocenters. The highest BCUT2D eigenvalue weighted by molar-refractivity contribution is 6.33. The number of hydrogen-bond donors (Lipinski definition) is 5. The first-order valence-electron chi connectivity index (χ1n) is 10.2. The average Bonchev–Trinajstić information content (AvgIpc) is 2.79. The standard InChI is InChI=1S/C21H24ClF2N5O3/c22-13-10-12-20(19(24)17(13)18-14(23)2-1-3-15(18)31)25-11-26-21(12)29-7-5-28(6-8-29)16(27-32)4-9-30/h1-3,10,21,25-26,30-32H,4-9,11H2/b27-16+. The van der Waals surface area contributed by atoms with Crippen LogP contribution in [0.1, 0.15) is 18.2 Å². The van der Waals surface area contributed by atoms with E-state index in [0.717, 1.165) is 6.07 Å². The minimum Gasteiger partial charge on any atom is -0.507 e. The largest absolute Gasteiger partial charge is 0.507 e. The van der Waals surface area contributed by atoms with E-state index < -0.39 is 17.4 Å². The molecule has 1 saturated heterocycles. The number of oxime groups is 1. The molecule has 2 aliphatic heterocycles. The minimum absolute atomic E-state index is 0.00608. The van der Waals surface area contributed by atoms with Crippen molar-refractivity contribution in [3.8, 4) is 16.9 Å². The number of halogens is 3. The van der Waals surface area contributed by atoms with E-state index in [4.69, 9.17) is 16.7 Å². The Kier molecular flexibility index (Phi) is 6.66. The van der Waals surface area contributed by atoms with Crippen LogP contribution in [0.2, 0.25) is 5.02 Å². The molecule has 5 N–H and O–H groups in total. The number of fused-ring (bicyclic) bond motifs is 1. The van der Waals surface area contributed by atoms with Crippen molar-refractivity contribution < 1.29 is 24.2 Å². The third-order valence-electron chi connectivity index (χ3n) is 5.84. The van der Waals surface area contributed by atoms with E-state index in [-0.39, 0.29) is 47.7 Å². The summed E-state index contributed by atoms with van der Waals surface area (Å²) in [6, 6.07) is 5.35. The Bertz CT molecular complexity index is 1010.